The fraction of sp³-hybridized carbons (Fsp3) is 0.111. The van der Waals surface area contributed by atoms with Gasteiger partial charge in [0.15, 0.2) is 0 Å². The molecule has 0 spiro atoms. The van der Waals surface area contributed by atoms with E-state index in [0.717, 1.165) is 17.1 Å². The molecule has 1 aromatic heterocycles. The summed E-state index contributed by atoms with van der Waals surface area (Å²) in [6.45, 7) is 2.55. The van der Waals surface area contributed by atoms with Gasteiger partial charge in [0.2, 0.25) is 5.95 Å². The zero-order valence-corrected chi connectivity index (χ0v) is 13.9. The molecule has 2 aromatic carbocycles. The van der Waals surface area contributed by atoms with E-state index in [4.69, 9.17) is 16.3 Å². The molecule has 0 amide bonds. The third kappa shape index (κ3) is 3.94. The van der Waals surface area contributed by atoms with Crippen molar-refractivity contribution in [2.45, 2.75) is 6.92 Å². The summed E-state index contributed by atoms with van der Waals surface area (Å²) in [5.74, 6) is 1.90. The lowest BCUT2D eigenvalue weighted by molar-refractivity contribution is 0.342. The average molecular weight is 341 g/mol. The number of para-hydroxylation sites is 3. The number of hydrogen-bond donors (Lipinski definition) is 2. The Bertz CT molecular complexity index is 825. The Hall–Kier alpha value is -2.79. The van der Waals surface area contributed by atoms with Gasteiger partial charge in [-0.25, -0.2) is 4.98 Å². The van der Waals surface area contributed by atoms with Gasteiger partial charge in [0.25, 0.3) is 0 Å². The van der Waals surface area contributed by atoms with Crippen LogP contribution in [-0.2, 0) is 0 Å². The molecule has 3 aromatic rings. The molecule has 0 fully saturated rings. The quantitative estimate of drug-likeness (QED) is 0.660. The highest BCUT2D eigenvalue weighted by Gasteiger charge is 2.06. The van der Waals surface area contributed by atoms with Crippen molar-refractivity contribution in [3.05, 3.63) is 65.8 Å². The number of benzene rings is 2. The maximum Gasteiger partial charge on any atom is 0.229 e. The van der Waals surface area contributed by atoms with Crippen LogP contribution in [0.15, 0.2) is 60.8 Å². The summed E-state index contributed by atoms with van der Waals surface area (Å²) in [4.78, 5) is 8.68. The molecule has 3 rings (SSSR count). The lowest BCUT2D eigenvalue weighted by Gasteiger charge is -2.12. The van der Waals surface area contributed by atoms with Gasteiger partial charge in [-0.05, 0) is 37.3 Å². The fourth-order valence-electron chi connectivity index (χ4n) is 2.16. The van der Waals surface area contributed by atoms with Crippen molar-refractivity contribution in [1.82, 2.24) is 9.97 Å². The van der Waals surface area contributed by atoms with Crippen molar-refractivity contribution in [3.63, 3.8) is 0 Å². The summed E-state index contributed by atoms with van der Waals surface area (Å²) in [6, 6.07) is 17.0. The van der Waals surface area contributed by atoms with E-state index in [2.05, 4.69) is 20.6 Å². The molecule has 0 aliphatic carbocycles. The predicted molar refractivity (Wildman–Crippen MR) is 97.7 cm³/mol. The molecular weight excluding hydrogens is 324 g/mol. The molecule has 6 heteroatoms. The van der Waals surface area contributed by atoms with Crippen LogP contribution in [0.3, 0.4) is 0 Å². The second-order valence-electron chi connectivity index (χ2n) is 4.92. The second kappa shape index (κ2) is 7.66. The SMILES string of the molecule is CCOc1ccccc1Nc1ccnc(Nc2ccccc2Cl)n1. The number of halogens is 1. The van der Waals surface area contributed by atoms with E-state index in [1.807, 2.05) is 55.5 Å². The van der Waals surface area contributed by atoms with Crippen molar-refractivity contribution < 1.29 is 4.74 Å². The van der Waals surface area contributed by atoms with E-state index in [-0.39, 0.29) is 0 Å². The van der Waals surface area contributed by atoms with E-state index in [9.17, 15) is 0 Å². The summed E-state index contributed by atoms with van der Waals surface area (Å²) < 4.78 is 5.61. The standard InChI is InChI=1S/C18H17ClN4O/c1-2-24-16-10-6-5-9-15(16)21-17-11-12-20-18(23-17)22-14-8-4-3-7-13(14)19/h3-12H,2H2,1H3,(H2,20,21,22,23). The smallest absolute Gasteiger partial charge is 0.229 e. The van der Waals surface area contributed by atoms with Gasteiger partial charge in [-0.1, -0.05) is 35.9 Å². The number of aromatic nitrogens is 2. The van der Waals surface area contributed by atoms with Gasteiger partial charge in [0.1, 0.15) is 11.6 Å². The van der Waals surface area contributed by atoms with Gasteiger partial charge in [0.05, 0.1) is 23.0 Å². The minimum absolute atomic E-state index is 0.460. The van der Waals surface area contributed by atoms with Crippen molar-refractivity contribution in [1.29, 1.82) is 0 Å². The van der Waals surface area contributed by atoms with Crippen LogP contribution >= 0.6 is 11.6 Å². The van der Waals surface area contributed by atoms with Crippen LogP contribution in [0.2, 0.25) is 5.02 Å². The number of ether oxygens (including phenoxy) is 1. The Morgan fingerprint density at radius 1 is 0.958 bits per heavy atom. The van der Waals surface area contributed by atoms with Gasteiger partial charge in [0, 0.05) is 6.20 Å². The molecule has 5 nitrogen and oxygen atoms in total. The van der Waals surface area contributed by atoms with Crippen LogP contribution in [0.1, 0.15) is 6.92 Å². The Morgan fingerprint density at radius 2 is 1.71 bits per heavy atom. The van der Waals surface area contributed by atoms with Crippen LogP contribution in [0.4, 0.5) is 23.1 Å². The Kier molecular flexibility index (Phi) is 5.13. The van der Waals surface area contributed by atoms with E-state index < -0.39 is 0 Å². The summed E-state index contributed by atoms with van der Waals surface area (Å²) in [5, 5.41) is 6.97. The summed E-state index contributed by atoms with van der Waals surface area (Å²) in [7, 11) is 0. The van der Waals surface area contributed by atoms with Crippen molar-refractivity contribution in [2.75, 3.05) is 17.2 Å². The molecular formula is C18H17ClN4O. The molecule has 0 unspecified atom stereocenters. The molecule has 24 heavy (non-hydrogen) atoms. The summed E-state index contributed by atoms with van der Waals surface area (Å²) >= 11 is 6.15. The maximum absolute atomic E-state index is 6.15. The van der Waals surface area contributed by atoms with Crippen molar-refractivity contribution in [3.8, 4) is 5.75 Å². The van der Waals surface area contributed by atoms with Gasteiger partial charge in [-0.2, -0.15) is 4.98 Å². The highest BCUT2D eigenvalue weighted by molar-refractivity contribution is 6.33. The van der Waals surface area contributed by atoms with Crippen LogP contribution in [0, 0.1) is 0 Å². The first-order valence-corrected chi connectivity index (χ1v) is 7.97. The van der Waals surface area contributed by atoms with Gasteiger partial charge >= 0.3 is 0 Å². The molecule has 0 aliphatic heterocycles. The van der Waals surface area contributed by atoms with Crippen LogP contribution in [0.25, 0.3) is 0 Å². The Labute approximate surface area is 145 Å². The fourth-order valence-corrected chi connectivity index (χ4v) is 2.34. The molecule has 0 saturated heterocycles. The predicted octanol–water partition coefficient (Wildman–Crippen LogP) is 5.02. The third-order valence-electron chi connectivity index (χ3n) is 3.23. The number of rotatable bonds is 6. The molecule has 0 radical (unpaired) electrons. The number of hydrogen-bond acceptors (Lipinski definition) is 5. The minimum Gasteiger partial charge on any atom is -0.492 e. The normalized spacial score (nSPS) is 10.2. The summed E-state index contributed by atoms with van der Waals surface area (Å²) in [6.07, 6.45) is 1.68. The third-order valence-corrected chi connectivity index (χ3v) is 3.56. The van der Waals surface area contributed by atoms with Gasteiger partial charge < -0.3 is 15.4 Å². The van der Waals surface area contributed by atoms with E-state index in [1.165, 1.54) is 0 Å². The van der Waals surface area contributed by atoms with E-state index >= 15 is 0 Å². The van der Waals surface area contributed by atoms with E-state index in [1.54, 1.807) is 12.3 Å². The minimum atomic E-state index is 0.460. The monoisotopic (exact) mass is 340 g/mol. The van der Waals surface area contributed by atoms with Crippen LogP contribution in [-0.4, -0.2) is 16.6 Å². The molecule has 1 heterocycles. The first kappa shape index (κ1) is 16.1. The second-order valence-corrected chi connectivity index (χ2v) is 5.33. The van der Waals surface area contributed by atoms with Crippen molar-refractivity contribution in [2.24, 2.45) is 0 Å². The highest BCUT2D eigenvalue weighted by atomic mass is 35.5. The Morgan fingerprint density at radius 3 is 2.50 bits per heavy atom. The van der Waals surface area contributed by atoms with Crippen LogP contribution < -0.4 is 15.4 Å². The number of nitrogens with zero attached hydrogens (tertiary/aromatic N) is 2. The molecule has 2 N–H and O–H groups in total. The lowest BCUT2D eigenvalue weighted by Crippen LogP contribution is -2.02. The first-order valence-electron chi connectivity index (χ1n) is 7.59. The molecule has 122 valence electrons. The van der Waals surface area contributed by atoms with Gasteiger partial charge in [-0.3, -0.25) is 0 Å². The topological polar surface area (TPSA) is 59.1 Å². The first-order chi connectivity index (χ1) is 11.8. The van der Waals surface area contributed by atoms with Crippen LogP contribution in [0.5, 0.6) is 5.75 Å². The molecule has 0 bridgehead atoms. The van der Waals surface area contributed by atoms with E-state index in [0.29, 0.717) is 23.4 Å². The zero-order chi connectivity index (χ0) is 16.8. The molecule has 0 atom stereocenters. The van der Waals surface area contributed by atoms with Gasteiger partial charge in [-0.15, -0.1) is 0 Å². The highest BCUT2D eigenvalue weighted by Crippen LogP contribution is 2.27. The largest absolute Gasteiger partial charge is 0.492 e. The van der Waals surface area contributed by atoms with Crippen molar-refractivity contribution >= 4 is 34.7 Å². The number of anilines is 4. The lowest BCUT2D eigenvalue weighted by atomic mass is 10.3. The summed E-state index contributed by atoms with van der Waals surface area (Å²) in [5.41, 5.74) is 1.60. The molecule has 0 aliphatic rings. The number of nitrogens with one attached hydrogen (secondary N) is 2. The zero-order valence-electron chi connectivity index (χ0n) is 13.2. The molecule has 0 saturated carbocycles. The average Bonchev–Trinajstić information content (AvgIpc) is 2.59. The Balaban J connectivity index is 1.80. The maximum atomic E-state index is 6.15.